The van der Waals surface area contributed by atoms with Gasteiger partial charge in [-0.25, -0.2) is 0 Å². The molecule has 112 valence electrons. The molecule has 1 amide bonds. The molecule has 19 heavy (non-hydrogen) atoms. The summed E-state index contributed by atoms with van der Waals surface area (Å²) in [6, 6.07) is 0. The molecule has 4 heteroatoms. The van der Waals surface area contributed by atoms with Gasteiger partial charge in [0.05, 0.1) is 5.54 Å². The van der Waals surface area contributed by atoms with Crippen molar-refractivity contribution in [3.8, 4) is 0 Å². The maximum Gasteiger partial charge on any atom is 0.237 e. The van der Waals surface area contributed by atoms with Gasteiger partial charge in [-0.15, -0.1) is 0 Å². The summed E-state index contributed by atoms with van der Waals surface area (Å²) in [5, 5.41) is 3.05. The smallest absolute Gasteiger partial charge is 0.237 e. The molecule has 3 N–H and O–H groups in total. The van der Waals surface area contributed by atoms with Crippen LogP contribution in [0.5, 0.6) is 0 Å². The molecule has 2 unspecified atom stereocenters. The molecule has 0 aromatic carbocycles. The molecule has 1 aliphatic rings. The predicted octanol–water partition coefficient (Wildman–Crippen LogP) is 1.74. The predicted molar refractivity (Wildman–Crippen MR) is 80.0 cm³/mol. The van der Waals surface area contributed by atoms with E-state index in [9.17, 15) is 4.79 Å². The van der Waals surface area contributed by atoms with Crippen molar-refractivity contribution in [3.05, 3.63) is 0 Å². The molecule has 1 heterocycles. The number of amides is 1. The van der Waals surface area contributed by atoms with Gasteiger partial charge in [0, 0.05) is 0 Å². The van der Waals surface area contributed by atoms with Crippen LogP contribution >= 0.6 is 0 Å². The Bertz CT molecular complexity index is 283. The molecule has 0 aliphatic carbocycles. The Morgan fingerprint density at radius 2 is 2.16 bits per heavy atom. The highest BCUT2D eigenvalue weighted by atomic mass is 16.1. The molecular formula is C15H31N3O. The molecule has 0 aromatic rings. The Balaban J connectivity index is 2.31. The molecule has 1 fully saturated rings. The van der Waals surface area contributed by atoms with E-state index >= 15 is 0 Å². The number of likely N-dealkylation sites (N-methyl/N-ethyl adjacent to an activating group) is 1. The first-order chi connectivity index (χ1) is 9.01. The van der Waals surface area contributed by atoms with Gasteiger partial charge in [-0.2, -0.15) is 0 Å². The zero-order valence-electron chi connectivity index (χ0n) is 12.9. The molecule has 0 radical (unpaired) electrons. The number of primary amides is 1. The van der Waals surface area contributed by atoms with Crippen LogP contribution in [0.3, 0.4) is 0 Å². The van der Waals surface area contributed by atoms with Gasteiger partial charge in [-0.3, -0.25) is 4.79 Å². The first-order valence-electron chi connectivity index (χ1n) is 7.73. The average molecular weight is 269 g/mol. The van der Waals surface area contributed by atoms with Crippen LogP contribution in [0.25, 0.3) is 0 Å². The van der Waals surface area contributed by atoms with Crippen LogP contribution in [0.15, 0.2) is 0 Å². The van der Waals surface area contributed by atoms with Gasteiger partial charge < -0.3 is 16.0 Å². The summed E-state index contributed by atoms with van der Waals surface area (Å²) < 4.78 is 0. The van der Waals surface area contributed by atoms with Crippen LogP contribution in [0.4, 0.5) is 0 Å². The number of nitrogens with zero attached hydrogens (tertiary/aromatic N) is 1. The van der Waals surface area contributed by atoms with E-state index in [2.05, 4.69) is 17.1 Å². The number of carbonyl (C=O) groups is 1. The molecule has 0 aromatic heterocycles. The molecule has 4 nitrogen and oxygen atoms in total. The summed E-state index contributed by atoms with van der Waals surface area (Å²) in [4.78, 5) is 14.0. The molecule has 0 saturated carbocycles. The van der Waals surface area contributed by atoms with Crippen molar-refractivity contribution < 1.29 is 4.79 Å². The number of nitrogens with two attached hydrogens (primary N) is 1. The van der Waals surface area contributed by atoms with E-state index < -0.39 is 5.54 Å². The maximum atomic E-state index is 11.4. The van der Waals surface area contributed by atoms with Crippen LogP contribution in [0.1, 0.15) is 52.4 Å². The van der Waals surface area contributed by atoms with Crippen LogP contribution in [0, 0.1) is 5.92 Å². The second-order valence-electron chi connectivity index (χ2n) is 6.10. The monoisotopic (exact) mass is 269 g/mol. The van der Waals surface area contributed by atoms with E-state index in [4.69, 9.17) is 5.73 Å². The quantitative estimate of drug-likeness (QED) is 0.740. The van der Waals surface area contributed by atoms with E-state index in [1.165, 1.54) is 38.8 Å². The lowest BCUT2D eigenvalue weighted by molar-refractivity contribution is -0.123. The summed E-state index contributed by atoms with van der Waals surface area (Å²) >= 11 is 0. The zero-order chi connectivity index (χ0) is 14.3. The number of hydrogen-bond donors (Lipinski definition) is 2. The first-order valence-corrected chi connectivity index (χ1v) is 7.73. The lowest BCUT2D eigenvalue weighted by Gasteiger charge is -2.27. The topological polar surface area (TPSA) is 58.4 Å². The van der Waals surface area contributed by atoms with Crippen molar-refractivity contribution in [2.75, 3.05) is 26.7 Å². The van der Waals surface area contributed by atoms with Crippen LogP contribution in [0.2, 0.25) is 0 Å². The zero-order valence-corrected chi connectivity index (χ0v) is 12.9. The van der Waals surface area contributed by atoms with Gasteiger partial charge in [0.2, 0.25) is 5.91 Å². The van der Waals surface area contributed by atoms with Gasteiger partial charge in [0.25, 0.3) is 0 Å². The Hall–Kier alpha value is -0.610. The molecule has 2 atom stereocenters. The number of hydrogen-bond acceptors (Lipinski definition) is 3. The van der Waals surface area contributed by atoms with Gasteiger partial charge >= 0.3 is 0 Å². The fourth-order valence-electron chi connectivity index (χ4n) is 2.88. The van der Waals surface area contributed by atoms with E-state index in [1.807, 2.05) is 14.0 Å². The normalized spacial score (nSPS) is 24.7. The molecule has 0 bridgehead atoms. The van der Waals surface area contributed by atoms with Crippen molar-refractivity contribution in [1.29, 1.82) is 0 Å². The third-order valence-electron chi connectivity index (χ3n) is 4.76. The second kappa shape index (κ2) is 7.85. The number of carbonyl (C=O) groups excluding carboxylic acids is 1. The van der Waals surface area contributed by atoms with Gasteiger partial charge in [-0.1, -0.05) is 13.3 Å². The average Bonchev–Trinajstić information content (AvgIpc) is 2.63. The van der Waals surface area contributed by atoms with Gasteiger partial charge in [0.1, 0.15) is 0 Å². The summed E-state index contributed by atoms with van der Waals surface area (Å²) in [6.07, 6.45) is 7.17. The van der Waals surface area contributed by atoms with Crippen molar-refractivity contribution in [2.45, 2.75) is 57.9 Å². The molecule has 0 spiro atoms. The van der Waals surface area contributed by atoms with E-state index in [0.717, 1.165) is 25.3 Å². The van der Waals surface area contributed by atoms with Gasteiger partial charge in [0.15, 0.2) is 0 Å². The van der Waals surface area contributed by atoms with Crippen LogP contribution < -0.4 is 11.1 Å². The third-order valence-corrected chi connectivity index (χ3v) is 4.76. The highest BCUT2D eigenvalue weighted by molar-refractivity contribution is 5.84. The lowest BCUT2D eigenvalue weighted by Crippen LogP contribution is -2.51. The van der Waals surface area contributed by atoms with Crippen molar-refractivity contribution in [1.82, 2.24) is 10.2 Å². The summed E-state index contributed by atoms with van der Waals surface area (Å²) in [6.45, 7) is 7.70. The number of rotatable bonds is 7. The lowest BCUT2D eigenvalue weighted by atomic mass is 9.95. The highest BCUT2D eigenvalue weighted by Crippen LogP contribution is 2.21. The number of nitrogens with one attached hydrogen (secondary N) is 1. The van der Waals surface area contributed by atoms with Crippen molar-refractivity contribution in [2.24, 2.45) is 11.7 Å². The molecule has 1 aliphatic heterocycles. The Morgan fingerprint density at radius 1 is 1.42 bits per heavy atom. The van der Waals surface area contributed by atoms with E-state index in [-0.39, 0.29) is 5.91 Å². The van der Waals surface area contributed by atoms with Crippen LogP contribution in [-0.4, -0.2) is 43.0 Å². The first kappa shape index (κ1) is 16.4. The highest BCUT2D eigenvalue weighted by Gasteiger charge is 2.28. The SMILES string of the molecule is CCC1CCCN(CCCC(C)(NC)C(N)=O)CC1. The minimum atomic E-state index is -0.558. The molecular weight excluding hydrogens is 238 g/mol. The summed E-state index contributed by atoms with van der Waals surface area (Å²) in [7, 11) is 1.81. The Morgan fingerprint density at radius 3 is 2.74 bits per heavy atom. The Labute approximate surface area is 118 Å². The molecule has 1 rings (SSSR count). The minimum absolute atomic E-state index is 0.253. The third kappa shape index (κ3) is 5.11. The van der Waals surface area contributed by atoms with Crippen LogP contribution in [-0.2, 0) is 4.79 Å². The maximum absolute atomic E-state index is 11.4. The standard InChI is InChI=1S/C15H31N3O/c1-4-13-7-5-10-18(12-8-13)11-6-9-15(2,17-3)14(16)19/h13,17H,4-12H2,1-3H3,(H2,16,19). The fourth-order valence-corrected chi connectivity index (χ4v) is 2.88. The van der Waals surface area contributed by atoms with Crippen molar-refractivity contribution >= 4 is 5.91 Å². The van der Waals surface area contributed by atoms with E-state index in [0.29, 0.717) is 0 Å². The largest absolute Gasteiger partial charge is 0.368 e. The van der Waals surface area contributed by atoms with E-state index in [1.54, 1.807) is 0 Å². The summed E-state index contributed by atoms with van der Waals surface area (Å²) in [5.74, 6) is 0.662. The summed E-state index contributed by atoms with van der Waals surface area (Å²) in [5.41, 5.74) is 4.89. The van der Waals surface area contributed by atoms with Crippen molar-refractivity contribution in [3.63, 3.8) is 0 Å². The number of likely N-dealkylation sites (tertiary alicyclic amines) is 1. The fraction of sp³-hybridized carbons (Fsp3) is 0.933. The molecule has 1 saturated heterocycles. The second-order valence-corrected chi connectivity index (χ2v) is 6.10. The minimum Gasteiger partial charge on any atom is -0.368 e. The Kier molecular flexibility index (Phi) is 6.80. The van der Waals surface area contributed by atoms with Gasteiger partial charge in [-0.05, 0) is 71.6 Å².